The summed E-state index contributed by atoms with van der Waals surface area (Å²) in [5, 5.41) is 0. The number of hydrogen-bond donors (Lipinski definition) is 0. The van der Waals surface area contributed by atoms with Gasteiger partial charge >= 0.3 is 0 Å². The van der Waals surface area contributed by atoms with Crippen molar-refractivity contribution < 1.29 is 9.53 Å². The highest BCUT2D eigenvalue weighted by molar-refractivity contribution is 9.50. The number of halogens is 1. The molecular formula is C10H9BrO2S. The first-order valence-electron chi connectivity index (χ1n) is 4.32. The molecule has 1 heterocycles. The van der Waals surface area contributed by atoms with Gasteiger partial charge in [0.15, 0.2) is 5.78 Å². The van der Waals surface area contributed by atoms with Crippen molar-refractivity contribution >= 4 is 30.8 Å². The van der Waals surface area contributed by atoms with E-state index in [9.17, 15) is 4.79 Å². The molecule has 1 aliphatic rings. The molecule has 0 amide bonds. The molecule has 0 saturated heterocycles. The van der Waals surface area contributed by atoms with Crippen molar-refractivity contribution in [3.8, 4) is 5.75 Å². The van der Waals surface area contributed by atoms with Gasteiger partial charge in [-0.2, -0.15) is 0 Å². The maximum atomic E-state index is 11.7. The lowest BCUT2D eigenvalue weighted by Crippen LogP contribution is -2.16. The average molecular weight is 273 g/mol. The predicted octanol–water partition coefficient (Wildman–Crippen LogP) is 3.36. The van der Waals surface area contributed by atoms with Gasteiger partial charge in [0.1, 0.15) is 5.75 Å². The molecule has 0 N–H and O–H groups in total. The molecule has 1 aromatic rings. The van der Waals surface area contributed by atoms with Crippen LogP contribution in [-0.4, -0.2) is 12.4 Å². The minimum atomic E-state index is 0.187. The fourth-order valence-corrected chi connectivity index (χ4v) is 2.99. The van der Waals surface area contributed by atoms with Crippen molar-refractivity contribution in [3.05, 3.63) is 23.3 Å². The van der Waals surface area contributed by atoms with E-state index in [0.29, 0.717) is 13.0 Å². The van der Waals surface area contributed by atoms with Gasteiger partial charge in [-0.15, -0.1) is 0 Å². The molecule has 2 nitrogen and oxygen atoms in total. The molecule has 0 radical (unpaired) electrons. The molecule has 4 heteroatoms. The fraction of sp³-hybridized carbons (Fsp3) is 0.300. The Bertz CT molecular complexity index is 390. The molecule has 0 fully saturated rings. The van der Waals surface area contributed by atoms with Crippen LogP contribution >= 0.6 is 25.0 Å². The van der Waals surface area contributed by atoms with Crippen molar-refractivity contribution in [3.63, 3.8) is 0 Å². The summed E-state index contributed by atoms with van der Waals surface area (Å²) in [5.41, 5.74) is 1.76. The minimum Gasteiger partial charge on any atom is -0.492 e. The number of carbonyl (C=O) groups excluding carboxylic acids is 1. The first kappa shape index (κ1) is 10.1. The second kappa shape index (κ2) is 3.95. The van der Waals surface area contributed by atoms with E-state index in [1.807, 2.05) is 19.1 Å². The van der Waals surface area contributed by atoms with Gasteiger partial charge in [-0.3, -0.25) is 4.79 Å². The molecule has 0 saturated carbocycles. The lowest BCUT2D eigenvalue weighted by atomic mass is 10.00. The number of Topliss-reactive ketones (excluding diaryl/α,β-unsaturated/α-hetero) is 1. The molecule has 2 rings (SSSR count). The summed E-state index contributed by atoms with van der Waals surface area (Å²) in [7, 11) is 1.47. The fourth-order valence-electron chi connectivity index (χ4n) is 1.60. The van der Waals surface area contributed by atoms with Crippen LogP contribution < -0.4 is 4.74 Å². The summed E-state index contributed by atoms with van der Waals surface area (Å²) in [5.74, 6) is 0.913. The first-order valence-corrected chi connectivity index (χ1v) is 6.98. The summed E-state index contributed by atoms with van der Waals surface area (Å²) in [6, 6.07) is 3.83. The number of hydrogen-bond acceptors (Lipinski definition) is 3. The molecule has 0 spiro atoms. The van der Waals surface area contributed by atoms with E-state index in [4.69, 9.17) is 4.74 Å². The van der Waals surface area contributed by atoms with Gasteiger partial charge in [-0.25, -0.2) is 0 Å². The first-order chi connectivity index (χ1) is 6.74. The van der Waals surface area contributed by atoms with Gasteiger partial charge in [0.05, 0.1) is 12.2 Å². The third-order valence-corrected chi connectivity index (χ3v) is 3.98. The summed E-state index contributed by atoms with van der Waals surface area (Å²) in [6.07, 6.45) is 0.490. The SMILES string of the molecule is Cc1c(SBr)ccc2c1C(=O)CCO2. The van der Waals surface area contributed by atoms with Gasteiger partial charge in [0.25, 0.3) is 0 Å². The van der Waals surface area contributed by atoms with Crippen LogP contribution in [0, 0.1) is 6.92 Å². The van der Waals surface area contributed by atoms with Gasteiger partial charge in [-0.1, -0.05) is 0 Å². The Balaban J connectivity index is 2.60. The summed E-state index contributed by atoms with van der Waals surface area (Å²) >= 11 is 3.32. The van der Waals surface area contributed by atoms with E-state index in [1.54, 1.807) is 0 Å². The number of ether oxygens (including phenoxy) is 1. The molecular weight excluding hydrogens is 264 g/mol. The summed E-state index contributed by atoms with van der Waals surface area (Å²) in [6.45, 7) is 2.46. The third kappa shape index (κ3) is 1.57. The standard InChI is InChI=1S/C10H9BrO2S/c1-6-9(14-11)3-2-8-10(6)7(12)4-5-13-8/h2-3H,4-5H2,1H3. The smallest absolute Gasteiger partial charge is 0.170 e. The van der Waals surface area contributed by atoms with Crippen molar-refractivity contribution in [1.82, 2.24) is 0 Å². The zero-order chi connectivity index (χ0) is 10.1. The van der Waals surface area contributed by atoms with E-state index in [0.717, 1.165) is 21.8 Å². The van der Waals surface area contributed by atoms with E-state index in [2.05, 4.69) is 14.8 Å². The van der Waals surface area contributed by atoms with Crippen LogP contribution in [0.15, 0.2) is 17.0 Å². The average Bonchev–Trinajstić information content (AvgIpc) is 2.18. The maximum Gasteiger partial charge on any atom is 0.170 e. The molecule has 0 aliphatic carbocycles. The number of rotatable bonds is 1. The largest absolute Gasteiger partial charge is 0.492 e. The topological polar surface area (TPSA) is 26.3 Å². The highest BCUT2D eigenvalue weighted by Gasteiger charge is 2.21. The second-order valence-electron chi connectivity index (χ2n) is 3.16. The molecule has 1 aliphatic heterocycles. The Kier molecular flexibility index (Phi) is 2.83. The Morgan fingerprint density at radius 3 is 3.00 bits per heavy atom. The molecule has 0 aromatic heterocycles. The summed E-state index contributed by atoms with van der Waals surface area (Å²) < 4.78 is 5.43. The zero-order valence-electron chi connectivity index (χ0n) is 7.67. The molecule has 0 bridgehead atoms. The van der Waals surface area contributed by atoms with Crippen LogP contribution in [-0.2, 0) is 0 Å². The number of carbonyl (C=O) groups is 1. The summed E-state index contributed by atoms with van der Waals surface area (Å²) in [4.78, 5) is 12.7. The van der Waals surface area contributed by atoms with Crippen molar-refractivity contribution in [2.24, 2.45) is 0 Å². The Labute approximate surface area is 94.2 Å². The molecule has 74 valence electrons. The van der Waals surface area contributed by atoms with Crippen molar-refractivity contribution in [1.29, 1.82) is 0 Å². The zero-order valence-corrected chi connectivity index (χ0v) is 10.1. The van der Waals surface area contributed by atoms with Crippen molar-refractivity contribution in [2.45, 2.75) is 18.2 Å². The van der Waals surface area contributed by atoms with Gasteiger partial charge in [-0.05, 0) is 49.6 Å². The van der Waals surface area contributed by atoms with Crippen LogP contribution in [0.1, 0.15) is 22.3 Å². The monoisotopic (exact) mass is 272 g/mol. The van der Waals surface area contributed by atoms with Crippen molar-refractivity contribution in [2.75, 3.05) is 6.61 Å². The lowest BCUT2D eigenvalue weighted by Gasteiger charge is -2.19. The Hall–Kier alpha value is -0.480. The van der Waals surface area contributed by atoms with Gasteiger partial charge in [0, 0.05) is 11.3 Å². The highest BCUT2D eigenvalue weighted by Crippen LogP contribution is 2.36. The number of ketones is 1. The molecule has 14 heavy (non-hydrogen) atoms. The van der Waals surface area contributed by atoms with Crippen LogP contribution in [0.3, 0.4) is 0 Å². The lowest BCUT2D eigenvalue weighted by molar-refractivity contribution is 0.0932. The van der Waals surface area contributed by atoms with E-state index < -0.39 is 0 Å². The van der Waals surface area contributed by atoms with Crippen LogP contribution in [0.5, 0.6) is 5.75 Å². The second-order valence-corrected chi connectivity index (χ2v) is 4.73. The van der Waals surface area contributed by atoms with E-state index >= 15 is 0 Å². The van der Waals surface area contributed by atoms with E-state index in [-0.39, 0.29) is 5.78 Å². The molecule has 1 aromatic carbocycles. The quantitative estimate of drug-likeness (QED) is 0.784. The minimum absolute atomic E-state index is 0.187. The third-order valence-electron chi connectivity index (χ3n) is 2.33. The van der Waals surface area contributed by atoms with Crippen LogP contribution in [0.4, 0.5) is 0 Å². The van der Waals surface area contributed by atoms with Crippen LogP contribution in [0.25, 0.3) is 0 Å². The maximum absolute atomic E-state index is 11.7. The van der Waals surface area contributed by atoms with Gasteiger partial charge in [0.2, 0.25) is 0 Å². The molecule has 0 atom stereocenters. The Morgan fingerprint density at radius 1 is 1.50 bits per heavy atom. The van der Waals surface area contributed by atoms with Crippen LogP contribution in [0.2, 0.25) is 0 Å². The Morgan fingerprint density at radius 2 is 2.29 bits per heavy atom. The highest BCUT2D eigenvalue weighted by atomic mass is 79.9. The number of fused-ring (bicyclic) bond motifs is 1. The normalized spacial score (nSPS) is 14.9. The van der Waals surface area contributed by atoms with E-state index in [1.165, 1.54) is 10.2 Å². The van der Waals surface area contributed by atoms with Gasteiger partial charge < -0.3 is 4.74 Å². The predicted molar refractivity (Wildman–Crippen MR) is 60.4 cm³/mol. The number of benzene rings is 1. The molecule has 0 unspecified atom stereocenters.